The zero-order valence-electron chi connectivity index (χ0n) is 15.8. The summed E-state index contributed by atoms with van der Waals surface area (Å²) in [5, 5.41) is 11.1. The van der Waals surface area contributed by atoms with Gasteiger partial charge in [0.15, 0.2) is 11.9 Å². The Labute approximate surface area is 153 Å². The van der Waals surface area contributed by atoms with Crippen molar-refractivity contribution in [1.82, 2.24) is 0 Å². The molecule has 0 aliphatic heterocycles. The number of hydrogen-bond donors (Lipinski definition) is 1. The first-order valence-electron chi connectivity index (χ1n) is 8.13. The van der Waals surface area contributed by atoms with E-state index in [4.69, 9.17) is 8.92 Å². The molecule has 2 aromatic rings. The SMILES string of the molecule is Cc1cc2c(C)cccc2c(OS(C)(=O)=O)c1C(OC(C)(C)C)C(=O)O. The van der Waals surface area contributed by atoms with Crippen molar-refractivity contribution < 1.29 is 27.2 Å². The van der Waals surface area contributed by atoms with Crippen LogP contribution in [0.5, 0.6) is 5.75 Å². The number of hydrogen-bond acceptors (Lipinski definition) is 5. The minimum atomic E-state index is -3.87. The van der Waals surface area contributed by atoms with Crippen molar-refractivity contribution >= 4 is 26.9 Å². The first kappa shape index (κ1) is 20.2. The maximum atomic E-state index is 11.9. The summed E-state index contributed by atoms with van der Waals surface area (Å²) in [4.78, 5) is 11.9. The molecule has 0 amide bonds. The molecular weight excluding hydrogens is 356 g/mol. The maximum absolute atomic E-state index is 11.9. The van der Waals surface area contributed by atoms with Crippen LogP contribution in [-0.4, -0.2) is 31.4 Å². The predicted octanol–water partition coefficient (Wildman–Crippen LogP) is 3.74. The molecule has 0 aliphatic carbocycles. The normalized spacial score (nSPS) is 13.6. The first-order chi connectivity index (χ1) is 11.8. The lowest BCUT2D eigenvalue weighted by Gasteiger charge is -2.28. The quantitative estimate of drug-likeness (QED) is 0.795. The molecule has 0 aliphatic rings. The lowest BCUT2D eigenvalue weighted by atomic mass is 9.94. The number of carboxylic acid groups (broad SMARTS) is 1. The summed E-state index contributed by atoms with van der Waals surface area (Å²) in [5.74, 6) is -1.21. The summed E-state index contributed by atoms with van der Waals surface area (Å²) < 4.78 is 34.7. The van der Waals surface area contributed by atoms with Gasteiger partial charge < -0.3 is 14.0 Å². The Kier molecular flexibility index (Phi) is 5.35. The van der Waals surface area contributed by atoms with Crippen LogP contribution < -0.4 is 4.18 Å². The number of benzene rings is 2. The molecule has 26 heavy (non-hydrogen) atoms. The van der Waals surface area contributed by atoms with E-state index in [1.807, 2.05) is 19.1 Å². The third-order valence-electron chi connectivity index (χ3n) is 3.79. The molecule has 0 spiro atoms. The third-order valence-corrected chi connectivity index (χ3v) is 4.26. The van der Waals surface area contributed by atoms with E-state index in [0.717, 1.165) is 17.2 Å². The average molecular weight is 380 g/mol. The van der Waals surface area contributed by atoms with Crippen molar-refractivity contribution in [2.75, 3.05) is 6.26 Å². The van der Waals surface area contributed by atoms with Crippen LogP contribution in [0.4, 0.5) is 0 Å². The van der Waals surface area contributed by atoms with Crippen molar-refractivity contribution in [2.45, 2.75) is 46.3 Å². The first-order valence-corrected chi connectivity index (χ1v) is 9.95. The Morgan fingerprint density at radius 1 is 1.12 bits per heavy atom. The van der Waals surface area contributed by atoms with Gasteiger partial charge in [0.25, 0.3) is 0 Å². The minimum Gasteiger partial charge on any atom is -0.479 e. The number of rotatable bonds is 5. The van der Waals surface area contributed by atoms with E-state index >= 15 is 0 Å². The second-order valence-corrected chi connectivity index (χ2v) is 8.92. The highest BCUT2D eigenvalue weighted by molar-refractivity contribution is 7.86. The summed E-state index contributed by atoms with van der Waals surface area (Å²) in [5.41, 5.74) is 0.969. The minimum absolute atomic E-state index is 0.00264. The van der Waals surface area contributed by atoms with Gasteiger partial charge >= 0.3 is 16.1 Å². The van der Waals surface area contributed by atoms with Crippen LogP contribution in [-0.2, 0) is 19.6 Å². The van der Waals surface area contributed by atoms with Crippen LogP contribution in [0, 0.1) is 13.8 Å². The lowest BCUT2D eigenvalue weighted by molar-refractivity contribution is -0.160. The molecule has 0 saturated heterocycles. The van der Waals surface area contributed by atoms with Crippen LogP contribution in [0.1, 0.15) is 43.6 Å². The maximum Gasteiger partial charge on any atom is 0.337 e. The van der Waals surface area contributed by atoms with Gasteiger partial charge in [0, 0.05) is 10.9 Å². The molecule has 0 fully saturated rings. The summed E-state index contributed by atoms with van der Waals surface area (Å²) in [6.45, 7) is 8.83. The molecule has 2 aromatic carbocycles. The Morgan fingerprint density at radius 2 is 1.73 bits per heavy atom. The molecule has 142 valence electrons. The van der Waals surface area contributed by atoms with Crippen LogP contribution in [0.25, 0.3) is 10.8 Å². The molecule has 6 nitrogen and oxygen atoms in total. The molecule has 0 heterocycles. The molecule has 0 radical (unpaired) electrons. The molecule has 0 bridgehead atoms. The number of aliphatic carboxylic acids is 1. The van der Waals surface area contributed by atoms with Gasteiger partial charge in [0.05, 0.1) is 11.9 Å². The fraction of sp³-hybridized carbons (Fsp3) is 0.421. The zero-order chi connectivity index (χ0) is 19.9. The third kappa shape index (κ3) is 4.53. The van der Waals surface area contributed by atoms with E-state index in [1.165, 1.54) is 0 Å². The van der Waals surface area contributed by atoms with Gasteiger partial charge in [-0.15, -0.1) is 0 Å². The van der Waals surface area contributed by atoms with E-state index in [0.29, 0.717) is 10.9 Å². The van der Waals surface area contributed by atoms with E-state index in [2.05, 4.69) is 0 Å². The Hall–Kier alpha value is -2.12. The highest BCUT2D eigenvalue weighted by Crippen LogP contribution is 2.41. The van der Waals surface area contributed by atoms with Gasteiger partial charge in [0.1, 0.15) is 0 Å². The number of fused-ring (bicyclic) bond motifs is 1. The number of carbonyl (C=O) groups is 1. The lowest BCUT2D eigenvalue weighted by Crippen LogP contribution is -2.28. The molecule has 0 aromatic heterocycles. The molecule has 1 N–H and O–H groups in total. The number of carboxylic acids is 1. The van der Waals surface area contributed by atoms with Crippen LogP contribution >= 0.6 is 0 Å². The molecule has 1 unspecified atom stereocenters. The molecular formula is C19H24O6S. The van der Waals surface area contributed by atoms with Crippen LogP contribution in [0.15, 0.2) is 24.3 Å². The van der Waals surface area contributed by atoms with Crippen LogP contribution in [0.3, 0.4) is 0 Å². The second kappa shape index (κ2) is 6.89. The van der Waals surface area contributed by atoms with Gasteiger partial charge in [-0.25, -0.2) is 4.79 Å². The molecule has 0 saturated carbocycles. The van der Waals surface area contributed by atoms with Gasteiger partial charge in [-0.1, -0.05) is 24.3 Å². The fourth-order valence-electron chi connectivity index (χ4n) is 2.84. The van der Waals surface area contributed by atoms with E-state index < -0.39 is 27.8 Å². The molecule has 2 rings (SSSR count). The predicted molar refractivity (Wildman–Crippen MR) is 100 cm³/mol. The van der Waals surface area contributed by atoms with Crippen molar-refractivity contribution in [1.29, 1.82) is 0 Å². The highest BCUT2D eigenvalue weighted by Gasteiger charge is 2.33. The fourth-order valence-corrected chi connectivity index (χ4v) is 3.32. The van der Waals surface area contributed by atoms with Gasteiger partial charge in [-0.2, -0.15) is 8.42 Å². The second-order valence-electron chi connectivity index (χ2n) is 7.34. The Balaban J connectivity index is 2.88. The van der Waals surface area contributed by atoms with Gasteiger partial charge in [-0.3, -0.25) is 0 Å². The molecule has 1 atom stereocenters. The van der Waals surface area contributed by atoms with Crippen molar-refractivity contribution in [3.63, 3.8) is 0 Å². The smallest absolute Gasteiger partial charge is 0.337 e. The van der Waals surface area contributed by atoms with Crippen molar-refractivity contribution in [3.05, 3.63) is 41.0 Å². The highest BCUT2D eigenvalue weighted by atomic mass is 32.2. The topological polar surface area (TPSA) is 89.9 Å². The number of aryl methyl sites for hydroxylation is 2. The number of ether oxygens (including phenoxy) is 1. The summed E-state index contributed by atoms with van der Waals surface area (Å²) in [6.07, 6.45) is -0.433. The zero-order valence-corrected chi connectivity index (χ0v) is 16.6. The largest absolute Gasteiger partial charge is 0.479 e. The summed E-state index contributed by atoms with van der Waals surface area (Å²) >= 11 is 0. The van der Waals surface area contributed by atoms with Gasteiger partial charge in [-0.05, 0) is 51.1 Å². The molecule has 7 heteroatoms. The standard InChI is InChI=1S/C19H24O6S/c1-11-8-7-9-13-14(11)10-12(2)15(16(13)25-26(6,22)23)17(18(20)21)24-19(3,4)5/h7-10,17H,1-6H3,(H,20,21). The van der Waals surface area contributed by atoms with E-state index in [1.54, 1.807) is 39.8 Å². The monoisotopic (exact) mass is 380 g/mol. The average Bonchev–Trinajstić information content (AvgIpc) is 2.44. The van der Waals surface area contributed by atoms with Crippen molar-refractivity contribution in [2.24, 2.45) is 0 Å². The van der Waals surface area contributed by atoms with E-state index in [-0.39, 0.29) is 11.3 Å². The Morgan fingerprint density at radius 3 is 2.23 bits per heavy atom. The summed E-state index contributed by atoms with van der Waals surface area (Å²) in [7, 11) is -3.87. The van der Waals surface area contributed by atoms with E-state index in [9.17, 15) is 18.3 Å². The van der Waals surface area contributed by atoms with Crippen LogP contribution in [0.2, 0.25) is 0 Å². The summed E-state index contributed by atoms with van der Waals surface area (Å²) in [6, 6.07) is 7.21. The van der Waals surface area contributed by atoms with Gasteiger partial charge in [0.2, 0.25) is 0 Å². The Bertz CT molecular complexity index is 954. The van der Waals surface area contributed by atoms with Crippen molar-refractivity contribution in [3.8, 4) is 5.75 Å².